The van der Waals surface area contributed by atoms with Gasteiger partial charge in [-0.05, 0) is 24.3 Å². The smallest absolute Gasteiger partial charge is 0.276 e. The lowest BCUT2D eigenvalue weighted by molar-refractivity contribution is -0.385. The van der Waals surface area contributed by atoms with Crippen LogP contribution in [0.5, 0.6) is 5.75 Å². The molecule has 0 aromatic heterocycles. The molecule has 0 fully saturated rings. The third kappa shape index (κ3) is 3.04. The van der Waals surface area contributed by atoms with Gasteiger partial charge in [0.15, 0.2) is 0 Å². The summed E-state index contributed by atoms with van der Waals surface area (Å²) in [4.78, 5) is 10.3. The maximum absolute atomic E-state index is 13.7. The summed E-state index contributed by atoms with van der Waals surface area (Å²) in [6, 6.07) is 10.9. The summed E-state index contributed by atoms with van der Waals surface area (Å²) in [5, 5.41) is 29.5. The number of halogens is 1. The number of hydrogen-bond acceptors (Lipinski definition) is 4. The highest BCUT2D eigenvalue weighted by Gasteiger charge is 2.15. The molecule has 0 heterocycles. The van der Waals surface area contributed by atoms with Gasteiger partial charge in [-0.25, -0.2) is 4.39 Å². The van der Waals surface area contributed by atoms with E-state index in [-0.39, 0.29) is 28.1 Å². The van der Waals surface area contributed by atoms with Gasteiger partial charge in [-0.2, -0.15) is 5.26 Å². The van der Waals surface area contributed by atoms with Crippen LogP contribution in [0.15, 0.2) is 42.5 Å². The van der Waals surface area contributed by atoms with Gasteiger partial charge < -0.3 is 5.11 Å². The summed E-state index contributed by atoms with van der Waals surface area (Å²) >= 11 is 0. The number of phenolic OH excluding ortho intramolecular Hbond substituents is 1. The summed E-state index contributed by atoms with van der Waals surface area (Å²) in [5.74, 6) is -0.786. The molecule has 21 heavy (non-hydrogen) atoms. The highest BCUT2D eigenvalue weighted by Crippen LogP contribution is 2.28. The zero-order valence-electron chi connectivity index (χ0n) is 10.7. The molecule has 0 aliphatic carbocycles. The summed E-state index contributed by atoms with van der Waals surface area (Å²) in [5.41, 5.74) is -0.281. The number of benzene rings is 2. The molecule has 0 bridgehead atoms. The number of allylic oxidation sites excluding steroid dienone is 1. The Morgan fingerprint density at radius 1 is 1.33 bits per heavy atom. The summed E-state index contributed by atoms with van der Waals surface area (Å²) < 4.78 is 13.7. The van der Waals surface area contributed by atoms with E-state index in [0.29, 0.717) is 0 Å². The molecule has 0 saturated heterocycles. The van der Waals surface area contributed by atoms with Crippen LogP contribution >= 0.6 is 0 Å². The van der Waals surface area contributed by atoms with Crippen LogP contribution in [0.4, 0.5) is 10.1 Å². The van der Waals surface area contributed by atoms with Gasteiger partial charge in [-0.3, -0.25) is 10.1 Å². The number of phenols is 1. The first-order valence-electron chi connectivity index (χ1n) is 5.87. The molecule has 0 spiro atoms. The van der Waals surface area contributed by atoms with Crippen LogP contribution in [0.3, 0.4) is 0 Å². The van der Waals surface area contributed by atoms with E-state index in [1.807, 2.05) is 6.07 Å². The number of aromatic hydroxyl groups is 1. The third-order valence-corrected chi connectivity index (χ3v) is 2.79. The quantitative estimate of drug-likeness (QED) is 0.404. The minimum absolute atomic E-state index is 0.0276. The fraction of sp³-hybridized carbons (Fsp3) is 0. The van der Waals surface area contributed by atoms with E-state index >= 15 is 0 Å². The van der Waals surface area contributed by atoms with Crippen LogP contribution in [0.2, 0.25) is 0 Å². The second-order valence-electron chi connectivity index (χ2n) is 4.15. The van der Waals surface area contributed by atoms with E-state index in [2.05, 4.69) is 0 Å². The first-order valence-corrected chi connectivity index (χ1v) is 5.87. The minimum Gasteiger partial charge on any atom is -0.508 e. The molecule has 0 aliphatic rings. The Hall–Kier alpha value is -3.20. The van der Waals surface area contributed by atoms with Crippen molar-refractivity contribution in [1.29, 1.82) is 5.26 Å². The first-order chi connectivity index (χ1) is 10.0. The molecule has 2 aromatic carbocycles. The van der Waals surface area contributed by atoms with Crippen LogP contribution in [0, 0.1) is 27.3 Å². The Morgan fingerprint density at radius 2 is 2.05 bits per heavy atom. The lowest BCUT2D eigenvalue weighted by Gasteiger charge is -2.03. The monoisotopic (exact) mass is 284 g/mol. The van der Waals surface area contributed by atoms with E-state index < -0.39 is 10.7 Å². The van der Waals surface area contributed by atoms with Crippen molar-refractivity contribution in [2.45, 2.75) is 0 Å². The van der Waals surface area contributed by atoms with Crippen LogP contribution in [0.1, 0.15) is 11.1 Å². The third-order valence-electron chi connectivity index (χ3n) is 2.79. The van der Waals surface area contributed by atoms with Gasteiger partial charge in [-0.1, -0.05) is 18.2 Å². The number of nitriles is 1. The van der Waals surface area contributed by atoms with Crippen molar-refractivity contribution >= 4 is 17.3 Å². The van der Waals surface area contributed by atoms with Gasteiger partial charge in [0.05, 0.1) is 22.1 Å². The number of nitro groups is 1. The van der Waals surface area contributed by atoms with Crippen molar-refractivity contribution < 1.29 is 14.4 Å². The predicted molar refractivity (Wildman–Crippen MR) is 74.6 cm³/mol. The second-order valence-corrected chi connectivity index (χ2v) is 4.15. The lowest BCUT2D eigenvalue weighted by atomic mass is 10.0. The second kappa shape index (κ2) is 5.84. The molecule has 104 valence electrons. The average Bonchev–Trinajstić information content (AvgIpc) is 2.45. The molecule has 6 heteroatoms. The molecular weight excluding hydrogens is 275 g/mol. The zero-order valence-corrected chi connectivity index (χ0v) is 10.7. The van der Waals surface area contributed by atoms with Gasteiger partial charge in [0.2, 0.25) is 0 Å². The van der Waals surface area contributed by atoms with Crippen molar-refractivity contribution in [2.24, 2.45) is 0 Å². The van der Waals surface area contributed by atoms with Crippen LogP contribution in [-0.2, 0) is 0 Å². The van der Waals surface area contributed by atoms with Crippen molar-refractivity contribution in [3.8, 4) is 11.8 Å². The fourth-order valence-corrected chi connectivity index (χ4v) is 1.83. The van der Waals surface area contributed by atoms with Gasteiger partial charge in [0, 0.05) is 11.6 Å². The highest BCUT2D eigenvalue weighted by atomic mass is 19.1. The van der Waals surface area contributed by atoms with Crippen molar-refractivity contribution in [3.05, 3.63) is 69.5 Å². The standard InChI is InChI=1S/C15H9FN2O3/c16-14-4-2-1-3-13(14)11(9-17)7-10-8-12(19)5-6-15(10)18(20)21/h1-8,19H. The molecule has 0 aliphatic heterocycles. The van der Waals surface area contributed by atoms with Crippen molar-refractivity contribution in [1.82, 2.24) is 0 Å². The summed E-state index contributed by atoms with van der Waals surface area (Å²) in [6.45, 7) is 0. The van der Waals surface area contributed by atoms with Crippen LogP contribution < -0.4 is 0 Å². The minimum atomic E-state index is -0.637. The SMILES string of the molecule is N#CC(=Cc1cc(O)ccc1[N+](=O)[O-])c1ccccc1F. The van der Waals surface area contributed by atoms with Crippen molar-refractivity contribution in [3.63, 3.8) is 0 Å². The Labute approximate surface area is 119 Å². The summed E-state index contributed by atoms with van der Waals surface area (Å²) in [6.07, 6.45) is 1.18. The molecule has 1 N–H and O–H groups in total. The van der Waals surface area contributed by atoms with Gasteiger partial charge in [-0.15, -0.1) is 0 Å². The molecule has 2 rings (SSSR count). The van der Waals surface area contributed by atoms with Crippen LogP contribution in [0.25, 0.3) is 11.6 Å². The highest BCUT2D eigenvalue weighted by molar-refractivity contribution is 5.91. The van der Waals surface area contributed by atoms with Crippen LogP contribution in [-0.4, -0.2) is 10.0 Å². The maximum atomic E-state index is 13.7. The molecule has 0 amide bonds. The molecule has 0 saturated carbocycles. The number of nitrogens with zero attached hydrogens (tertiary/aromatic N) is 2. The molecule has 2 aromatic rings. The Morgan fingerprint density at radius 3 is 2.67 bits per heavy atom. The topological polar surface area (TPSA) is 87.2 Å². The molecular formula is C15H9FN2O3. The molecule has 5 nitrogen and oxygen atoms in total. The predicted octanol–water partition coefficient (Wildman–Crippen LogP) is 3.50. The van der Waals surface area contributed by atoms with E-state index in [1.165, 1.54) is 30.3 Å². The van der Waals surface area contributed by atoms with E-state index in [9.17, 15) is 19.6 Å². The van der Waals surface area contributed by atoms with Crippen molar-refractivity contribution in [2.75, 3.05) is 0 Å². The zero-order chi connectivity index (χ0) is 15.4. The van der Waals surface area contributed by atoms with Gasteiger partial charge in [0.1, 0.15) is 11.6 Å². The lowest BCUT2D eigenvalue weighted by Crippen LogP contribution is -1.93. The maximum Gasteiger partial charge on any atom is 0.276 e. The Bertz CT molecular complexity index is 779. The molecule has 0 radical (unpaired) electrons. The largest absolute Gasteiger partial charge is 0.508 e. The van der Waals surface area contributed by atoms with E-state index in [4.69, 9.17) is 5.26 Å². The average molecular weight is 284 g/mol. The fourth-order valence-electron chi connectivity index (χ4n) is 1.83. The first kappa shape index (κ1) is 14.2. The van der Waals surface area contributed by atoms with E-state index in [1.54, 1.807) is 6.07 Å². The molecule has 0 unspecified atom stereocenters. The Kier molecular flexibility index (Phi) is 3.95. The number of nitro benzene ring substituents is 1. The van der Waals surface area contributed by atoms with E-state index in [0.717, 1.165) is 12.1 Å². The Balaban J connectivity index is 2.61. The van der Waals surface area contributed by atoms with Gasteiger partial charge >= 0.3 is 0 Å². The van der Waals surface area contributed by atoms with Gasteiger partial charge in [0.25, 0.3) is 5.69 Å². The summed E-state index contributed by atoms with van der Waals surface area (Å²) in [7, 11) is 0. The number of rotatable bonds is 3. The number of hydrogen-bond donors (Lipinski definition) is 1. The molecule has 0 atom stereocenters. The normalized spacial score (nSPS) is 11.0.